The molecule has 0 bridgehead atoms. The fourth-order valence-corrected chi connectivity index (χ4v) is 2.17. The summed E-state index contributed by atoms with van der Waals surface area (Å²) in [5, 5.41) is 0. The first kappa shape index (κ1) is 9.19. The average Bonchev–Trinajstić information content (AvgIpc) is 2.51. The third-order valence-electron chi connectivity index (χ3n) is 2.53. The predicted octanol–water partition coefficient (Wildman–Crippen LogP) is 2.03. The monoisotopic (exact) mass is 240 g/mol. The number of hydrogen-bond acceptors (Lipinski definition) is 2. The lowest BCUT2D eigenvalue weighted by Crippen LogP contribution is -2.28. The number of benzene rings is 1. The maximum absolute atomic E-state index is 3.49. The first-order valence-corrected chi connectivity index (χ1v) is 5.30. The molecule has 1 aromatic rings. The molecule has 1 aromatic carbocycles. The van der Waals surface area contributed by atoms with Gasteiger partial charge in [-0.05, 0) is 24.6 Å². The van der Waals surface area contributed by atoms with Gasteiger partial charge >= 0.3 is 0 Å². The molecule has 0 aliphatic carbocycles. The largest absolute Gasteiger partial charge is 0.257 e. The molecule has 13 heavy (non-hydrogen) atoms. The predicted molar refractivity (Wildman–Crippen MR) is 57.5 cm³/mol. The molecule has 1 heterocycles. The molecule has 1 fully saturated rings. The summed E-state index contributed by atoms with van der Waals surface area (Å²) in [6, 6.07) is 9.03. The number of halogens is 1. The van der Waals surface area contributed by atoms with E-state index in [2.05, 4.69) is 58.0 Å². The Balaban J connectivity index is 2.24. The second-order valence-corrected chi connectivity index (χ2v) is 4.39. The van der Waals surface area contributed by atoms with E-state index in [0.717, 1.165) is 11.0 Å². The van der Waals surface area contributed by atoms with Crippen molar-refractivity contribution in [2.24, 2.45) is 0 Å². The second-order valence-electron chi connectivity index (χ2n) is 3.48. The Kier molecular flexibility index (Phi) is 2.67. The molecule has 1 saturated heterocycles. The van der Waals surface area contributed by atoms with Crippen LogP contribution in [0.4, 0.5) is 0 Å². The number of hydrazine groups is 1. The molecule has 1 aliphatic heterocycles. The Morgan fingerprint density at radius 2 is 2.31 bits per heavy atom. The lowest BCUT2D eigenvalue weighted by Gasteiger charge is -2.13. The van der Waals surface area contributed by atoms with E-state index in [1.165, 1.54) is 5.56 Å². The maximum Gasteiger partial charge on any atom is 0.0266 e. The number of nitrogens with one attached hydrogen (secondary N) is 2. The van der Waals surface area contributed by atoms with Gasteiger partial charge in [-0.1, -0.05) is 28.1 Å². The minimum Gasteiger partial charge on any atom is -0.257 e. The Hall–Kier alpha value is -0.380. The van der Waals surface area contributed by atoms with Gasteiger partial charge in [0.2, 0.25) is 0 Å². The van der Waals surface area contributed by atoms with E-state index in [0.29, 0.717) is 12.0 Å². The van der Waals surface area contributed by atoms with Crippen LogP contribution >= 0.6 is 15.9 Å². The van der Waals surface area contributed by atoms with E-state index in [1.54, 1.807) is 0 Å². The van der Waals surface area contributed by atoms with Crippen LogP contribution in [0, 0.1) is 0 Å². The Morgan fingerprint density at radius 3 is 2.92 bits per heavy atom. The van der Waals surface area contributed by atoms with Crippen LogP contribution in [0.25, 0.3) is 0 Å². The molecule has 1 aliphatic rings. The van der Waals surface area contributed by atoms with Gasteiger partial charge in [0, 0.05) is 23.0 Å². The Morgan fingerprint density at radius 1 is 1.46 bits per heavy atom. The summed E-state index contributed by atoms with van der Waals surface area (Å²) in [5.41, 5.74) is 7.79. The van der Waals surface area contributed by atoms with E-state index >= 15 is 0 Å². The van der Waals surface area contributed by atoms with Crippen molar-refractivity contribution in [1.29, 1.82) is 0 Å². The van der Waals surface area contributed by atoms with Crippen LogP contribution < -0.4 is 10.9 Å². The molecular formula is C10H13BrN2. The van der Waals surface area contributed by atoms with Crippen LogP contribution in [0.1, 0.15) is 18.4 Å². The summed E-state index contributed by atoms with van der Waals surface area (Å²) >= 11 is 3.49. The van der Waals surface area contributed by atoms with E-state index in [4.69, 9.17) is 0 Å². The summed E-state index contributed by atoms with van der Waals surface area (Å²) in [7, 11) is 0. The normalized spacial score (nSPS) is 27.8. The minimum absolute atomic E-state index is 0.509. The summed E-state index contributed by atoms with van der Waals surface area (Å²) < 4.78 is 1.16. The van der Waals surface area contributed by atoms with Crippen molar-refractivity contribution in [3.05, 3.63) is 34.3 Å². The van der Waals surface area contributed by atoms with Gasteiger partial charge in [0.05, 0.1) is 0 Å². The topological polar surface area (TPSA) is 24.1 Å². The summed E-state index contributed by atoms with van der Waals surface area (Å²) in [6.45, 7) is 3.21. The van der Waals surface area contributed by atoms with Crippen LogP contribution in [0.15, 0.2) is 28.7 Å². The van der Waals surface area contributed by atoms with Crippen LogP contribution in [0.2, 0.25) is 0 Å². The molecule has 2 rings (SSSR count). The van der Waals surface area contributed by atoms with Crippen LogP contribution in [0.5, 0.6) is 0 Å². The first-order chi connectivity index (χ1) is 6.27. The zero-order valence-corrected chi connectivity index (χ0v) is 9.14. The lowest BCUT2D eigenvalue weighted by molar-refractivity contribution is 0.569. The third-order valence-corrected chi connectivity index (χ3v) is 3.03. The van der Waals surface area contributed by atoms with E-state index in [-0.39, 0.29) is 0 Å². The standard InChI is InChI=1S/C10H13BrN2/c1-7-10(6-12-13-7)8-3-2-4-9(11)5-8/h2-5,7,10,12-13H,6H2,1H3. The van der Waals surface area contributed by atoms with Gasteiger partial charge in [-0.2, -0.15) is 0 Å². The highest BCUT2D eigenvalue weighted by Crippen LogP contribution is 2.24. The highest BCUT2D eigenvalue weighted by Gasteiger charge is 2.23. The van der Waals surface area contributed by atoms with Crippen molar-refractivity contribution in [3.63, 3.8) is 0 Å². The highest BCUT2D eigenvalue weighted by atomic mass is 79.9. The van der Waals surface area contributed by atoms with Crippen molar-refractivity contribution in [2.45, 2.75) is 18.9 Å². The molecule has 0 spiro atoms. The number of hydrogen-bond donors (Lipinski definition) is 2. The summed E-state index contributed by atoms with van der Waals surface area (Å²) in [4.78, 5) is 0. The van der Waals surface area contributed by atoms with E-state index in [9.17, 15) is 0 Å². The third kappa shape index (κ3) is 1.93. The van der Waals surface area contributed by atoms with E-state index in [1.807, 2.05) is 0 Å². The van der Waals surface area contributed by atoms with Crippen LogP contribution in [-0.2, 0) is 0 Å². The Bertz CT molecular complexity index is 301. The van der Waals surface area contributed by atoms with Gasteiger partial charge < -0.3 is 0 Å². The molecule has 3 heteroatoms. The molecule has 0 amide bonds. The van der Waals surface area contributed by atoms with Crippen LogP contribution in [-0.4, -0.2) is 12.6 Å². The molecule has 0 aromatic heterocycles. The van der Waals surface area contributed by atoms with Gasteiger partial charge in [-0.3, -0.25) is 10.9 Å². The molecule has 2 atom stereocenters. The van der Waals surface area contributed by atoms with Gasteiger partial charge in [0.25, 0.3) is 0 Å². The van der Waals surface area contributed by atoms with Gasteiger partial charge in [-0.15, -0.1) is 0 Å². The van der Waals surface area contributed by atoms with Gasteiger partial charge in [0.1, 0.15) is 0 Å². The highest BCUT2D eigenvalue weighted by molar-refractivity contribution is 9.10. The maximum atomic E-state index is 3.49. The molecule has 2 unspecified atom stereocenters. The van der Waals surface area contributed by atoms with Crippen molar-refractivity contribution < 1.29 is 0 Å². The zero-order chi connectivity index (χ0) is 9.26. The van der Waals surface area contributed by atoms with Crippen molar-refractivity contribution in [3.8, 4) is 0 Å². The molecule has 0 radical (unpaired) electrons. The quantitative estimate of drug-likeness (QED) is 0.786. The minimum atomic E-state index is 0.509. The number of rotatable bonds is 1. The fourth-order valence-electron chi connectivity index (χ4n) is 1.75. The van der Waals surface area contributed by atoms with Crippen molar-refractivity contribution in [2.75, 3.05) is 6.54 Å². The summed E-state index contributed by atoms with van der Waals surface area (Å²) in [5.74, 6) is 0.581. The van der Waals surface area contributed by atoms with E-state index < -0.39 is 0 Å². The van der Waals surface area contributed by atoms with Crippen molar-refractivity contribution in [1.82, 2.24) is 10.9 Å². The van der Waals surface area contributed by atoms with Gasteiger partial charge in [0.15, 0.2) is 0 Å². The molecular weight excluding hydrogens is 228 g/mol. The molecule has 2 nitrogen and oxygen atoms in total. The van der Waals surface area contributed by atoms with Crippen LogP contribution in [0.3, 0.4) is 0 Å². The average molecular weight is 241 g/mol. The zero-order valence-electron chi connectivity index (χ0n) is 7.55. The first-order valence-electron chi connectivity index (χ1n) is 4.51. The fraction of sp³-hybridized carbons (Fsp3) is 0.400. The summed E-state index contributed by atoms with van der Waals surface area (Å²) in [6.07, 6.45) is 0. The van der Waals surface area contributed by atoms with Crippen molar-refractivity contribution >= 4 is 15.9 Å². The molecule has 0 saturated carbocycles. The lowest BCUT2D eigenvalue weighted by atomic mass is 9.94. The SMILES string of the molecule is CC1NNCC1c1cccc(Br)c1. The second kappa shape index (κ2) is 3.78. The van der Waals surface area contributed by atoms with Gasteiger partial charge in [-0.25, -0.2) is 0 Å². The smallest absolute Gasteiger partial charge is 0.0266 e. The Labute approximate surface area is 86.8 Å². The molecule has 2 N–H and O–H groups in total. The molecule has 70 valence electrons.